The summed E-state index contributed by atoms with van der Waals surface area (Å²) >= 11 is 0. The Hall–Kier alpha value is -0.540. The van der Waals surface area contributed by atoms with E-state index in [9.17, 15) is 0 Å². The first kappa shape index (κ1) is 8.08. The Morgan fingerprint density at radius 1 is 1.33 bits per heavy atom. The molecule has 0 aliphatic carbocycles. The number of fused-ring (bicyclic) bond motifs is 1. The quantitative estimate of drug-likeness (QED) is 0.550. The van der Waals surface area contributed by atoms with Crippen molar-refractivity contribution in [2.75, 3.05) is 0 Å². The fourth-order valence-corrected chi connectivity index (χ4v) is 1.75. The molecule has 0 N–H and O–H groups in total. The highest BCUT2D eigenvalue weighted by Gasteiger charge is 2.51. The van der Waals surface area contributed by atoms with Crippen LogP contribution in [0.5, 0.6) is 0 Å². The van der Waals surface area contributed by atoms with E-state index >= 15 is 0 Å². The third kappa shape index (κ3) is 1.04. The van der Waals surface area contributed by atoms with Crippen molar-refractivity contribution < 1.29 is 14.2 Å². The van der Waals surface area contributed by atoms with Gasteiger partial charge < -0.3 is 14.2 Å². The molecule has 2 heterocycles. The van der Waals surface area contributed by atoms with Gasteiger partial charge in [-0.15, -0.1) is 0 Å². The first-order valence-corrected chi connectivity index (χ1v) is 4.21. The van der Waals surface area contributed by atoms with Crippen LogP contribution >= 0.6 is 0 Å². The van der Waals surface area contributed by atoms with Gasteiger partial charge in [-0.05, 0) is 20.8 Å². The van der Waals surface area contributed by atoms with Crippen molar-refractivity contribution in [2.45, 2.75) is 44.9 Å². The maximum Gasteiger partial charge on any atom is 0.164 e. The number of ether oxygens (including phenoxy) is 3. The first-order valence-electron chi connectivity index (χ1n) is 4.21. The summed E-state index contributed by atoms with van der Waals surface area (Å²) in [6, 6.07) is 0. The average Bonchev–Trinajstić information content (AvgIpc) is 2.34. The van der Waals surface area contributed by atoms with E-state index in [1.165, 1.54) is 0 Å². The van der Waals surface area contributed by atoms with Crippen LogP contribution in [-0.2, 0) is 14.2 Å². The van der Waals surface area contributed by atoms with Gasteiger partial charge in [-0.1, -0.05) is 6.58 Å². The molecule has 68 valence electrons. The second-order valence-electron chi connectivity index (χ2n) is 3.81. The standard InChI is InChI=1S/C9H14O3/c1-5-7-8(6(2)10-5)12-9(3,4)11-7/h6-8H,1H2,2-4H3/t6-,7+,8-/m0/s1. The molecule has 2 aliphatic heterocycles. The van der Waals surface area contributed by atoms with Crippen molar-refractivity contribution in [2.24, 2.45) is 0 Å². The van der Waals surface area contributed by atoms with Crippen molar-refractivity contribution in [1.82, 2.24) is 0 Å². The molecule has 0 spiro atoms. The van der Waals surface area contributed by atoms with Gasteiger partial charge in [-0.2, -0.15) is 0 Å². The van der Waals surface area contributed by atoms with Crippen LogP contribution in [0.15, 0.2) is 12.3 Å². The molecule has 0 saturated carbocycles. The number of rotatable bonds is 0. The SMILES string of the molecule is C=C1O[C@@H](C)[C@@H]2OC(C)(C)O[C@H]12. The summed E-state index contributed by atoms with van der Waals surface area (Å²) in [4.78, 5) is 0. The zero-order valence-electron chi connectivity index (χ0n) is 7.66. The highest BCUT2D eigenvalue weighted by Crippen LogP contribution is 2.39. The largest absolute Gasteiger partial charge is 0.490 e. The van der Waals surface area contributed by atoms with Gasteiger partial charge in [0.2, 0.25) is 0 Å². The van der Waals surface area contributed by atoms with Crippen LogP contribution in [0.4, 0.5) is 0 Å². The predicted molar refractivity (Wildman–Crippen MR) is 43.5 cm³/mol. The summed E-state index contributed by atoms with van der Waals surface area (Å²) in [6.07, 6.45) is 0.00627. The molecule has 0 aromatic rings. The lowest BCUT2D eigenvalue weighted by Gasteiger charge is -2.20. The molecule has 0 aromatic heterocycles. The summed E-state index contributed by atoms with van der Waals surface area (Å²) in [6.45, 7) is 9.57. The first-order chi connectivity index (χ1) is 5.49. The maximum absolute atomic E-state index is 5.65. The minimum absolute atomic E-state index is 0.0208. The number of hydrogen-bond donors (Lipinski definition) is 0. The van der Waals surface area contributed by atoms with E-state index in [0.29, 0.717) is 5.76 Å². The van der Waals surface area contributed by atoms with E-state index < -0.39 is 5.79 Å². The molecule has 2 rings (SSSR count). The summed E-state index contributed by atoms with van der Waals surface area (Å²) in [5.74, 6) is 0.203. The molecular weight excluding hydrogens is 156 g/mol. The summed E-state index contributed by atoms with van der Waals surface area (Å²) in [5.41, 5.74) is 0. The second kappa shape index (κ2) is 2.24. The predicted octanol–water partition coefficient (Wildman–Crippen LogP) is 1.44. The monoisotopic (exact) mass is 170 g/mol. The fourth-order valence-electron chi connectivity index (χ4n) is 1.75. The van der Waals surface area contributed by atoms with E-state index in [4.69, 9.17) is 14.2 Å². The topological polar surface area (TPSA) is 27.7 Å². The normalized spacial score (nSPS) is 44.2. The molecule has 0 aromatic carbocycles. The molecule has 2 fully saturated rings. The van der Waals surface area contributed by atoms with Gasteiger partial charge in [0.05, 0.1) is 0 Å². The molecule has 0 amide bonds. The van der Waals surface area contributed by atoms with Gasteiger partial charge in [0, 0.05) is 0 Å². The van der Waals surface area contributed by atoms with Gasteiger partial charge in [0.25, 0.3) is 0 Å². The van der Waals surface area contributed by atoms with Crippen LogP contribution in [0.1, 0.15) is 20.8 Å². The lowest BCUT2D eigenvalue weighted by Crippen LogP contribution is -2.27. The highest BCUT2D eigenvalue weighted by molar-refractivity contribution is 5.09. The van der Waals surface area contributed by atoms with Crippen LogP contribution < -0.4 is 0 Å². The van der Waals surface area contributed by atoms with Crippen LogP contribution in [0, 0.1) is 0 Å². The second-order valence-corrected chi connectivity index (χ2v) is 3.81. The van der Waals surface area contributed by atoms with Gasteiger partial charge in [0.1, 0.15) is 24.1 Å². The van der Waals surface area contributed by atoms with Gasteiger partial charge in [0.15, 0.2) is 5.79 Å². The van der Waals surface area contributed by atoms with Gasteiger partial charge >= 0.3 is 0 Å². The van der Waals surface area contributed by atoms with Crippen molar-refractivity contribution in [3.8, 4) is 0 Å². The molecule has 12 heavy (non-hydrogen) atoms. The van der Waals surface area contributed by atoms with Gasteiger partial charge in [-0.25, -0.2) is 0 Å². The molecule has 2 aliphatic rings. The van der Waals surface area contributed by atoms with Crippen LogP contribution in [0.2, 0.25) is 0 Å². The maximum atomic E-state index is 5.65. The minimum atomic E-state index is -0.490. The van der Waals surface area contributed by atoms with Gasteiger partial charge in [-0.3, -0.25) is 0 Å². The smallest absolute Gasteiger partial charge is 0.164 e. The van der Waals surface area contributed by atoms with Crippen LogP contribution in [0.3, 0.4) is 0 Å². The molecule has 2 saturated heterocycles. The third-order valence-electron chi connectivity index (χ3n) is 2.25. The highest BCUT2D eigenvalue weighted by atomic mass is 16.8. The molecule has 3 nitrogen and oxygen atoms in total. The minimum Gasteiger partial charge on any atom is -0.490 e. The van der Waals surface area contributed by atoms with E-state index in [1.807, 2.05) is 20.8 Å². The number of hydrogen-bond acceptors (Lipinski definition) is 3. The van der Waals surface area contributed by atoms with Crippen molar-refractivity contribution in [1.29, 1.82) is 0 Å². The lowest BCUT2D eigenvalue weighted by molar-refractivity contribution is -0.164. The molecule has 0 bridgehead atoms. The summed E-state index contributed by atoms with van der Waals surface area (Å²) < 4.78 is 16.6. The van der Waals surface area contributed by atoms with Crippen molar-refractivity contribution >= 4 is 0 Å². The molecule has 0 radical (unpaired) electrons. The van der Waals surface area contributed by atoms with E-state index in [-0.39, 0.29) is 18.3 Å². The Kier molecular flexibility index (Phi) is 1.50. The fraction of sp³-hybridized carbons (Fsp3) is 0.778. The Morgan fingerprint density at radius 2 is 2.00 bits per heavy atom. The zero-order valence-corrected chi connectivity index (χ0v) is 7.66. The zero-order chi connectivity index (χ0) is 8.93. The molecular formula is C9H14O3. The van der Waals surface area contributed by atoms with Crippen LogP contribution in [0.25, 0.3) is 0 Å². The van der Waals surface area contributed by atoms with Crippen molar-refractivity contribution in [3.63, 3.8) is 0 Å². The Balaban J connectivity index is 2.20. The lowest BCUT2D eigenvalue weighted by atomic mass is 10.1. The Labute approximate surface area is 72.3 Å². The van der Waals surface area contributed by atoms with Crippen LogP contribution in [-0.4, -0.2) is 24.1 Å². The summed E-state index contributed by atoms with van der Waals surface area (Å²) in [5, 5.41) is 0. The van der Waals surface area contributed by atoms with E-state index in [2.05, 4.69) is 6.58 Å². The van der Waals surface area contributed by atoms with E-state index in [1.54, 1.807) is 0 Å². The third-order valence-corrected chi connectivity index (χ3v) is 2.25. The molecule has 3 heteroatoms. The Morgan fingerprint density at radius 3 is 2.58 bits per heavy atom. The van der Waals surface area contributed by atoms with Crippen molar-refractivity contribution in [3.05, 3.63) is 12.3 Å². The Bertz CT molecular complexity index is 222. The average molecular weight is 170 g/mol. The summed E-state index contributed by atoms with van der Waals surface area (Å²) in [7, 11) is 0. The van der Waals surface area contributed by atoms with E-state index in [0.717, 1.165) is 0 Å². The molecule has 0 unspecified atom stereocenters. The molecule has 3 atom stereocenters.